The summed E-state index contributed by atoms with van der Waals surface area (Å²) in [7, 11) is 0. The third kappa shape index (κ3) is 2.44. The normalized spacial score (nSPS) is 6.67. The second-order valence-electron chi connectivity index (χ2n) is 0.676. The van der Waals surface area contributed by atoms with Gasteiger partial charge in [-0.1, -0.05) is 0 Å². The van der Waals surface area contributed by atoms with Crippen LogP contribution in [-0.4, -0.2) is 4.98 Å². The zero-order chi connectivity index (χ0) is 3.54. The summed E-state index contributed by atoms with van der Waals surface area (Å²) in [5, 5.41) is 1.93. The number of thiazole rings is 1. The molecule has 0 saturated carbocycles. The predicted octanol–water partition coefficient (Wildman–Crippen LogP) is -1.74. The summed E-state index contributed by atoms with van der Waals surface area (Å²) >= 11 is 1.60. The van der Waals surface area contributed by atoms with Gasteiger partial charge in [-0.3, -0.25) is 4.98 Å². The van der Waals surface area contributed by atoms with Gasteiger partial charge in [0.2, 0.25) is 0 Å². The van der Waals surface area contributed by atoms with Gasteiger partial charge >= 0.3 is 51.4 Å². The Hall–Kier alpha value is 1.27. The van der Waals surface area contributed by atoms with Gasteiger partial charge < -0.3 is 1.43 Å². The van der Waals surface area contributed by atoms with Gasteiger partial charge in [0.1, 0.15) is 0 Å². The number of rotatable bonds is 0. The first kappa shape index (κ1) is 7.27. The molecule has 0 aliphatic heterocycles. The number of hydrogen-bond donors (Lipinski definition) is 0. The van der Waals surface area contributed by atoms with Crippen LogP contribution < -0.4 is 51.4 Å². The second-order valence-corrected chi connectivity index (χ2v) is 1.43. The molecule has 0 N–H and O–H groups in total. The van der Waals surface area contributed by atoms with Crippen LogP contribution in [-0.2, 0) is 0 Å². The summed E-state index contributed by atoms with van der Waals surface area (Å²) in [6.45, 7) is 0. The van der Waals surface area contributed by atoms with Crippen molar-refractivity contribution >= 4 is 11.3 Å². The van der Waals surface area contributed by atoms with Gasteiger partial charge in [0, 0.05) is 11.6 Å². The van der Waals surface area contributed by atoms with Crippen molar-refractivity contribution in [2.75, 3.05) is 0 Å². The molecule has 0 radical (unpaired) electrons. The summed E-state index contributed by atoms with van der Waals surface area (Å²) < 4.78 is 0. The fourth-order valence-corrected chi connectivity index (χ4v) is 0.527. The Morgan fingerprint density at radius 3 is 2.67 bits per heavy atom. The standard InChI is InChI=1S/C3H3NS.K.H/c1-2-5-3-4-1;;/h1-3H;;/q;+1;-1. The molecule has 0 bridgehead atoms. The minimum Gasteiger partial charge on any atom is -1.00 e. The van der Waals surface area contributed by atoms with E-state index in [1.807, 2.05) is 5.38 Å². The monoisotopic (exact) mass is 125 g/mol. The van der Waals surface area contributed by atoms with E-state index < -0.39 is 0 Å². The maximum atomic E-state index is 3.74. The van der Waals surface area contributed by atoms with Crippen molar-refractivity contribution in [1.82, 2.24) is 4.98 Å². The van der Waals surface area contributed by atoms with E-state index in [0.717, 1.165) is 0 Å². The Balaban J connectivity index is 0. The van der Waals surface area contributed by atoms with Gasteiger partial charge in [-0.25, -0.2) is 0 Å². The topological polar surface area (TPSA) is 12.9 Å². The molecule has 1 rings (SSSR count). The molecule has 3 heteroatoms. The fourth-order valence-electron chi connectivity index (χ4n) is 0.176. The van der Waals surface area contributed by atoms with Crippen LogP contribution in [0.4, 0.5) is 0 Å². The Morgan fingerprint density at radius 2 is 2.50 bits per heavy atom. The van der Waals surface area contributed by atoms with Gasteiger partial charge in [-0.2, -0.15) is 0 Å². The first-order valence-electron chi connectivity index (χ1n) is 1.32. The smallest absolute Gasteiger partial charge is 1.00 e. The van der Waals surface area contributed by atoms with Crippen LogP contribution in [0.15, 0.2) is 17.1 Å². The van der Waals surface area contributed by atoms with Gasteiger partial charge in [-0.15, -0.1) is 11.3 Å². The summed E-state index contributed by atoms with van der Waals surface area (Å²) in [5.41, 5.74) is 1.79. The Labute approximate surface area is 84.7 Å². The van der Waals surface area contributed by atoms with Crippen LogP contribution in [0, 0.1) is 0 Å². The van der Waals surface area contributed by atoms with Crippen LogP contribution in [0.25, 0.3) is 0 Å². The maximum absolute atomic E-state index is 3.74. The molecule has 1 aromatic rings. The van der Waals surface area contributed by atoms with Crippen LogP contribution in [0.1, 0.15) is 1.43 Å². The summed E-state index contributed by atoms with van der Waals surface area (Å²) in [5.74, 6) is 0. The van der Waals surface area contributed by atoms with E-state index in [0.29, 0.717) is 0 Å². The summed E-state index contributed by atoms with van der Waals surface area (Å²) in [4.78, 5) is 3.74. The Morgan fingerprint density at radius 1 is 1.67 bits per heavy atom. The quantitative estimate of drug-likeness (QED) is 0.375. The molecule has 0 fully saturated rings. The molecule has 0 spiro atoms. The minimum absolute atomic E-state index is 0. The molecule has 0 amide bonds. The number of aromatic nitrogens is 1. The molecule has 0 aliphatic rings. The minimum atomic E-state index is 0. The van der Waals surface area contributed by atoms with Crippen LogP contribution in [0.3, 0.4) is 0 Å². The maximum Gasteiger partial charge on any atom is 1.00 e. The van der Waals surface area contributed by atoms with E-state index in [1.54, 1.807) is 23.0 Å². The molecule has 6 heavy (non-hydrogen) atoms. The van der Waals surface area contributed by atoms with E-state index in [-0.39, 0.29) is 52.8 Å². The third-order valence-electron chi connectivity index (χ3n) is 0.347. The number of hydrogen-bond acceptors (Lipinski definition) is 2. The molecule has 0 saturated heterocycles. The largest absolute Gasteiger partial charge is 1.00 e. The average molecular weight is 125 g/mol. The molecule has 1 heterocycles. The van der Waals surface area contributed by atoms with Crippen LogP contribution in [0.5, 0.6) is 0 Å². The fraction of sp³-hybridized carbons (Fsp3) is 0. The molecule has 0 unspecified atom stereocenters. The van der Waals surface area contributed by atoms with Gasteiger partial charge in [0.15, 0.2) is 0 Å². The van der Waals surface area contributed by atoms with Crippen molar-refractivity contribution in [2.24, 2.45) is 0 Å². The Bertz CT molecular complexity index is 71.4. The summed E-state index contributed by atoms with van der Waals surface area (Å²) in [6.07, 6.45) is 1.77. The first-order chi connectivity index (χ1) is 2.50. The van der Waals surface area contributed by atoms with E-state index in [4.69, 9.17) is 0 Å². The SMILES string of the molecule is [H-].[K+].c1cscn1. The molecular formula is C3H4KNS. The molecule has 28 valence electrons. The third-order valence-corrected chi connectivity index (χ3v) is 0.869. The van der Waals surface area contributed by atoms with Crippen LogP contribution in [0.2, 0.25) is 0 Å². The van der Waals surface area contributed by atoms with Crippen molar-refractivity contribution in [1.29, 1.82) is 0 Å². The van der Waals surface area contributed by atoms with Crippen molar-refractivity contribution in [3.8, 4) is 0 Å². The molecule has 0 atom stereocenters. The number of nitrogens with zero attached hydrogens (tertiary/aromatic N) is 1. The molecular weight excluding hydrogens is 121 g/mol. The molecule has 0 aromatic carbocycles. The van der Waals surface area contributed by atoms with Gasteiger partial charge in [0.05, 0.1) is 5.51 Å². The molecule has 1 aromatic heterocycles. The summed E-state index contributed by atoms with van der Waals surface area (Å²) in [6, 6.07) is 0. The van der Waals surface area contributed by atoms with Crippen molar-refractivity contribution in [2.45, 2.75) is 0 Å². The van der Waals surface area contributed by atoms with Gasteiger partial charge in [-0.05, 0) is 0 Å². The average Bonchev–Trinajstić information content (AvgIpc) is 1.76. The van der Waals surface area contributed by atoms with E-state index in [2.05, 4.69) is 4.98 Å². The zero-order valence-corrected chi connectivity index (χ0v) is 7.53. The van der Waals surface area contributed by atoms with Crippen molar-refractivity contribution in [3.63, 3.8) is 0 Å². The van der Waals surface area contributed by atoms with Gasteiger partial charge in [0.25, 0.3) is 0 Å². The van der Waals surface area contributed by atoms with Crippen LogP contribution >= 0.6 is 11.3 Å². The van der Waals surface area contributed by atoms with Crippen molar-refractivity contribution in [3.05, 3.63) is 17.1 Å². The molecule has 0 aliphatic carbocycles. The second kappa shape index (κ2) is 4.43. The van der Waals surface area contributed by atoms with E-state index in [9.17, 15) is 0 Å². The Kier molecular flexibility index (Phi) is 5.36. The first-order valence-corrected chi connectivity index (χ1v) is 2.26. The molecule has 1 nitrogen and oxygen atoms in total. The van der Waals surface area contributed by atoms with Crippen molar-refractivity contribution < 1.29 is 52.8 Å². The zero-order valence-electron chi connectivity index (χ0n) is 4.59. The predicted molar refractivity (Wildman–Crippen MR) is 23.2 cm³/mol. The van der Waals surface area contributed by atoms with E-state index >= 15 is 0 Å². The van der Waals surface area contributed by atoms with E-state index in [1.165, 1.54) is 0 Å².